The molecule has 0 saturated heterocycles. The van der Waals surface area contributed by atoms with Crippen LogP contribution in [0.3, 0.4) is 0 Å². The van der Waals surface area contributed by atoms with Crippen molar-refractivity contribution in [3.8, 4) is 17.6 Å². The Balaban J connectivity index is 1.92. The van der Waals surface area contributed by atoms with E-state index in [2.05, 4.69) is 5.32 Å². The molecule has 0 saturated carbocycles. The maximum atomic E-state index is 12.4. The molecule has 136 valence electrons. The Morgan fingerprint density at radius 1 is 1.26 bits per heavy atom. The number of anilines is 1. The number of carbonyl (C=O) groups is 1. The molecule has 2 aromatic carbocycles. The van der Waals surface area contributed by atoms with Gasteiger partial charge in [-0.05, 0) is 23.8 Å². The summed E-state index contributed by atoms with van der Waals surface area (Å²) in [5.41, 5.74) is -0.151. The first kappa shape index (κ1) is 18.2. The van der Waals surface area contributed by atoms with Crippen molar-refractivity contribution in [3.63, 3.8) is 0 Å². The first-order valence-corrected chi connectivity index (χ1v) is 8.12. The van der Waals surface area contributed by atoms with E-state index in [0.29, 0.717) is 10.6 Å². The maximum absolute atomic E-state index is 12.4. The fourth-order valence-corrected chi connectivity index (χ4v) is 2.63. The fraction of sp³-hybridized carbons (Fsp3) is 0.111. The van der Waals surface area contributed by atoms with Crippen LogP contribution in [0.1, 0.15) is 5.56 Å². The smallest absolute Gasteiger partial charge is 0.296 e. The van der Waals surface area contributed by atoms with E-state index >= 15 is 0 Å². The molecule has 8 nitrogen and oxygen atoms in total. The predicted molar refractivity (Wildman–Crippen MR) is 97.8 cm³/mol. The first-order valence-electron chi connectivity index (χ1n) is 7.74. The van der Waals surface area contributed by atoms with Crippen molar-refractivity contribution in [2.24, 2.45) is 0 Å². The van der Waals surface area contributed by atoms with Gasteiger partial charge in [-0.1, -0.05) is 23.7 Å². The van der Waals surface area contributed by atoms with E-state index in [-0.39, 0.29) is 41.7 Å². The minimum atomic E-state index is -0.794. The minimum Gasteiger partial charge on any atom is -0.486 e. The Morgan fingerprint density at radius 2 is 1.96 bits per heavy atom. The van der Waals surface area contributed by atoms with E-state index in [1.807, 2.05) is 0 Å². The number of nitriles is 1. The van der Waals surface area contributed by atoms with E-state index in [9.17, 15) is 20.2 Å². The second kappa shape index (κ2) is 7.76. The Bertz CT molecular complexity index is 997. The van der Waals surface area contributed by atoms with Crippen molar-refractivity contribution in [1.82, 2.24) is 0 Å². The second-order valence-corrected chi connectivity index (χ2v) is 5.89. The summed E-state index contributed by atoms with van der Waals surface area (Å²) < 4.78 is 10.7. The Morgan fingerprint density at radius 3 is 2.59 bits per heavy atom. The van der Waals surface area contributed by atoms with Crippen LogP contribution in [-0.4, -0.2) is 24.0 Å². The topological polar surface area (TPSA) is 114 Å². The number of amides is 1. The number of carbonyl (C=O) groups excluding carboxylic acids is 1. The van der Waals surface area contributed by atoms with E-state index in [4.69, 9.17) is 21.1 Å². The molecule has 3 rings (SSSR count). The predicted octanol–water partition coefficient (Wildman–Crippen LogP) is 3.57. The quantitative estimate of drug-likeness (QED) is 0.372. The molecule has 1 heterocycles. The summed E-state index contributed by atoms with van der Waals surface area (Å²) in [5.74, 6) is -0.294. The number of ether oxygens (including phenoxy) is 2. The lowest BCUT2D eigenvalue weighted by atomic mass is 10.1. The van der Waals surface area contributed by atoms with Gasteiger partial charge in [-0.3, -0.25) is 14.9 Å². The van der Waals surface area contributed by atoms with Crippen molar-refractivity contribution in [2.75, 3.05) is 18.5 Å². The lowest BCUT2D eigenvalue weighted by Crippen LogP contribution is -2.18. The van der Waals surface area contributed by atoms with Crippen LogP contribution in [0, 0.1) is 21.4 Å². The van der Waals surface area contributed by atoms with E-state index in [1.165, 1.54) is 18.2 Å². The second-order valence-electron chi connectivity index (χ2n) is 5.45. The van der Waals surface area contributed by atoms with Gasteiger partial charge < -0.3 is 14.8 Å². The van der Waals surface area contributed by atoms with Gasteiger partial charge >= 0.3 is 0 Å². The van der Waals surface area contributed by atoms with Gasteiger partial charge in [0.1, 0.15) is 30.5 Å². The van der Waals surface area contributed by atoms with Crippen molar-refractivity contribution >= 4 is 35.0 Å². The molecule has 0 bridgehead atoms. The number of hydrogen-bond acceptors (Lipinski definition) is 6. The number of benzene rings is 2. The van der Waals surface area contributed by atoms with Crippen LogP contribution in [0.4, 0.5) is 11.4 Å². The summed E-state index contributed by atoms with van der Waals surface area (Å²) in [7, 11) is 0. The number of nitro groups is 1. The third-order valence-corrected chi connectivity index (χ3v) is 3.87. The molecule has 0 aliphatic carbocycles. The monoisotopic (exact) mass is 385 g/mol. The summed E-state index contributed by atoms with van der Waals surface area (Å²) in [6.07, 6.45) is 1.34. The molecular formula is C18H12ClN3O5. The van der Waals surface area contributed by atoms with E-state index < -0.39 is 10.8 Å². The summed E-state index contributed by atoms with van der Waals surface area (Å²) in [6.45, 7) is 0.563. The number of fused-ring (bicyclic) bond motifs is 1. The van der Waals surface area contributed by atoms with Gasteiger partial charge in [0.05, 0.1) is 11.0 Å². The van der Waals surface area contributed by atoms with Crippen LogP contribution in [-0.2, 0) is 4.79 Å². The van der Waals surface area contributed by atoms with E-state index in [0.717, 1.165) is 0 Å². The first-order chi connectivity index (χ1) is 13.0. The molecule has 0 atom stereocenters. The summed E-state index contributed by atoms with van der Waals surface area (Å²) in [6, 6.07) is 10.8. The summed E-state index contributed by atoms with van der Waals surface area (Å²) in [5, 5.41) is 23.4. The summed E-state index contributed by atoms with van der Waals surface area (Å²) in [4.78, 5) is 23.1. The van der Waals surface area contributed by atoms with Crippen molar-refractivity contribution in [2.45, 2.75) is 0 Å². The minimum absolute atomic E-state index is 0.0958. The highest BCUT2D eigenvalue weighted by molar-refractivity contribution is 6.30. The van der Waals surface area contributed by atoms with Crippen LogP contribution in [0.15, 0.2) is 42.0 Å². The molecule has 2 aromatic rings. The number of hydrogen-bond donors (Lipinski definition) is 1. The molecule has 0 fully saturated rings. The van der Waals surface area contributed by atoms with Crippen LogP contribution < -0.4 is 14.8 Å². The highest BCUT2D eigenvalue weighted by Gasteiger charge is 2.24. The molecule has 0 aromatic heterocycles. The summed E-state index contributed by atoms with van der Waals surface area (Å²) >= 11 is 5.89. The molecule has 0 radical (unpaired) electrons. The van der Waals surface area contributed by atoms with Gasteiger partial charge in [-0.15, -0.1) is 0 Å². The average Bonchev–Trinajstić information content (AvgIpc) is 2.65. The molecule has 1 aliphatic rings. The van der Waals surface area contributed by atoms with Crippen molar-refractivity contribution in [1.29, 1.82) is 5.26 Å². The van der Waals surface area contributed by atoms with Gasteiger partial charge in [0.2, 0.25) is 0 Å². The van der Waals surface area contributed by atoms with Gasteiger partial charge in [0.25, 0.3) is 11.6 Å². The zero-order valence-corrected chi connectivity index (χ0v) is 14.5. The Kier molecular flexibility index (Phi) is 5.24. The highest BCUT2D eigenvalue weighted by atomic mass is 35.5. The third-order valence-electron chi connectivity index (χ3n) is 3.63. The molecule has 27 heavy (non-hydrogen) atoms. The lowest BCUT2D eigenvalue weighted by molar-refractivity contribution is -0.384. The maximum Gasteiger partial charge on any atom is 0.296 e. The van der Waals surface area contributed by atoms with Crippen LogP contribution in [0.25, 0.3) is 6.08 Å². The molecule has 1 N–H and O–H groups in total. The Hall–Kier alpha value is -3.57. The van der Waals surface area contributed by atoms with Gasteiger partial charge in [0.15, 0.2) is 11.5 Å². The molecule has 1 amide bonds. The van der Waals surface area contributed by atoms with Crippen molar-refractivity contribution in [3.05, 3.63) is 62.7 Å². The molecular weight excluding hydrogens is 374 g/mol. The lowest BCUT2D eigenvalue weighted by Gasteiger charge is -2.19. The van der Waals surface area contributed by atoms with E-state index in [1.54, 1.807) is 30.3 Å². The van der Waals surface area contributed by atoms with Crippen LogP contribution in [0.5, 0.6) is 11.5 Å². The highest BCUT2D eigenvalue weighted by Crippen LogP contribution is 2.39. The molecule has 0 unspecified atom stereocenters. The number of nitrogens with one attached hydrogen (secondary N) is 1. The van der Waals surface area contributed by atoms with Gasteiger partial charge in [-0.2, -0.15) is 5.26 Å². The zero-order chi connectivity index (χ0) is 19.4. The molecule has 0 spiro atoms. The van der Waals surface area contributed by atoms with Crippen LogP contribution in [0.2, 0.25) is 5.02 Å². The number of nitro benzene ring substituents is 1. The SMILES string of the molecule is N#C/C(=C\c1cccc(Cl)c1)C(=O)Nc1cc2c(cc1[N+](=O)[O-])OCCO2. The van der Waals surface area contributed by atoms with Gasteiger partial charge in [0, 0.05) is 11.1 Å². The van der Waals surface area contributed by atoms with Crippen molar-refractivity contribution < 1.29 is 19.2 Å². The molecule has 9 heteroatoms. The number of rotatable bonds is 4. The average molecular weight is 386 g/mol. The number of nitrogens with zero attached hydrogens (tertiary/aromatic N) is 2. The fourth-order valence-electron chi connectivity index (χ4n) is 2.43. The third kappa shape index (κ3) is 4.16. The standard InChI is InChI=1S/C18H12ClN3O5/c19-13-3-1-2-11(7-13)6-12(10-20)18(23)21-14-8-16-17(27-5-4-26-16)9-15(14)22(24)25/h1-3,6-9H,4-5H2,(H,21,23)/b12-6+. The Labute approximate surface area is 158 Å². The number of halogens is 1. The van der Waals surface area contributed by atoms with Gasteiger partial charge in [-0.25, -0.2) is 0 Å². The largest absolute Gasteiger partial charge is 0.486 e. The molecule has 1 aliphatic heterocycles. The normalized spacial score (nSPS) is 12.8. The van der Waals surface area contributed by atoms with Crippen LogP contribution >= 0.6 is 11.6 Å². The zero-order valence-electron chi connectivity index (χ0n) is 13.8.